The highest BCUT2D eigenvalue weighted by Gasteiger charge is 2.24. The van der Waals surface area contributed by atoms with Crippen LogP contribution < -0.4 is 5.73 Å². The molecule has 0 bridgehead atoms. The minimum atomic E-state index is 0.493. The minimum Gasteiger partial charge on any atom is -0.325 e. The molecule has 2 aromatic heterocycles. The maximum Gasteiger partial charge on any atom is 0.151 e. The second-order valence-electron chi connectivity index (χ2n) is 4.06. The van der Waals surface area contributed by atoms with Crippen molar-refractivity contribution in [3.8, 4) is 0 Å². The van der Waals surface area contributed by atoms with Gasteiger partial charge in [-0.25, -0.2) is 4.98 Å². The third-order valence-electron chi connectivity index (χ3n) is 2.84. The third-order valence-corrected chi connectivity index (χ3v) is 3.42. The number of nitrogens with two attached hydrogens (primary N) is 1. The van der Waals surface area contributed by atoms with Crippen molar-refractivity contribution in [1.82, 2.24) is 9.38 Å². The molecule has 0 unspecified atom stereocenters. The number of nitrogens with zero attached hydrogens (tertiary/aromatic N) is 2. The van der Waals surface area contributed by atoms with Crippen LogP contribution in [-0.2, 0) is 6.54 Å². The summed E-state index contributed by atoms with van der Waals surface area (Å²) in [5.74, 6) is 0.759. The molecule has 3 rings (SSSR count). The lowest BCUT2D eigenvalue weighted by molar-refractivity contribution is 1.01. The molecule has 2 heterocycles. The van der Waals surface area contributed by atoms with Crippen molar-refractivity contribution in [1.29, 1.82) is 0 Å². The molecule has 0 aliphatic heterocycles. The minimum absolute atomic E-state index is 0.493. The number of aromatic nitrogens is 2. The van der Waals surface area contributed by atoms with E-state index in [9.17, 15) is 0 Å². The van der Waals surface area contributed by atoms with Crippen molar-refractivity contribution >= 4 is 21.6 Å². The molecule has 0 aromatic carbocycles. The van der Waals surface area contributed by atoms with Gasteiger partial charge in [0.1, 0.15) is 0 Å². The number of halogens is 1. The number of imidazole rings is 1. The van der Waals surface area contributed by atoms with E-state index in [1.54, 1.807) is 0 Å². The summed E-state index contributed by atoms with van der Waals surface area (Å²) in [6.45, 7) is 0.493. The molecule has 1 fully saturated rings. The number of fused-ring (bicyclic) bond motifs is 1. The molecule has 15 heavy (non-hydrogen) atoms. The Bertz CT molecular complexity index is 514. The molecule has 0 atom stereocenters. The molecule has 0 spiro atoms. The first kappa shape index (κ1) is 9.36. The highest BCUT2D eigenvalue weighted by atomic mass is 79.9. The van der Waals surface area contributed by atoms with E-state index in [1.165, 1.54) is 18.4 Å². The Kier molecular flexibility index (Phi) is 2.07. The summed E-state index contributed by atoms with van der Waals surface area (Å²) in [6, 6.07) is 2.18. The second-order valence-corrected chi connectivity index (χ2v) is 4.92. The summed E-state index contributed by atoms with van der Waals surface area (Å²) < 4.78 is 3.13. The van der Waals surface area contributed by atoms with Gasteiger partial charge >= 0.3 is 0 Å². The third kappa shape index (κ3) is 1.58. The molecule has 3 nitrogen and oxygen atoms in total. The smallest absolute Gasteiger partial charge is 0.151 e. The van der Waals surface area contributed by atoms with E-state index in [-0.39, 0.29) is 0 Å². The highest BCUT2D eigenvalue weighted by molar-refractivity contribution is 9.10. The average molecular weight is 266 g/mol. The van der Waals surface area contributed by atoms with Gasteiger partial charge in [-0.3, -0.25) is 0 Å². The van der Waals surface area contributed by atoms with Gasteiger partial charge in [0.2, 0.25) is 0 Å². The van der Waals surface area contributed by atoms with Gasteiger partial charge in [-0.05, 0) is 46.3 Å². The van der Waals surface area contributed by atoms with E-state index >= 15 is 0 Å². The Hall–Kier alpha value is -0.870. The normalized spacial score (nSPS) is 16.1. The first-order valence-corrected chi connectivity index (χ1v) is 5.94. The quantitative estimate of drug-likeness (QED) is 0.907. The molecule has 4 heteroatoms. The summed E-state index contributed by atoms with van der Waals surface area (Å²) in [4.78, 5) is 4.44. The van der Waals surface area contributed by atoms with Gasteiger partial charge in [-0.2, -0.15) is 0 Å². The summed E-state index contributed by atoms with van der Waals surface area (Å²) in [7, 11) is 0. The van der Waals surface area contributed by atoms with E-state index in [2.05, 4.69) is 37.6 Å². The largest absolute Gasteiger partial charge is 0.325 e. The predicted molar refractivity (Wildman–Crippen MR) is 62.8 cm³/mol. The predicted octanol–water partition coefficient (Wildman–Crippen LogP) is 2.43. The Morgan fingerprint density at radius 3 is 2.93 bits per heavy atom. The maximum absolute atomic E-state index is 5.58. The van der Waals surface area contributed by atoms with Crippen LogP contribution in [0.2, 0.25) is 0 Å². The zero-order valence-corrected chi connectivity index (χ0v) is 9.87. The Balaban J connectivity index is 2.20. The molecule has 0 saturated heterocycles. The van der Waals surface area contributed by atoms with Crippen LogP contribution in [0.15, 0.2) is 22.9 Å². The van der Waals surface area contributed by atoms with Crippen molar-refractivity contribution in [2.75, 3.05) is 0 Å². The summed E-state index contributed by atoms with van der Waals surface area (Å²) in [5.41, 5.74) is 8.87. The fourth-order valence-corrected chi connectivity index (χ4v) is 2.42. The summed E-state index contributed by atoms with van der Waals surface area (Å²) in [6.07, 6.45) is 6.81. The lowest BCUT2D eigenvalue weighted by Crippen LogP contribution is -1.95. The number of rotatable bonds is 2. The molecule has 1 aliphatic carbocycles. The van der Waals surface area contributed by atoms with Gasteiger partial charge in [0.25, 0.3) is 0 Å². The first-order chi connectivity index (χ1) is 7.28. The molecule has 2 N–H and O–H groups in total. The van der Waals surface area contributed by atoms with E-state index < -0.39 is 0 Å². The molecule has 2 aromatic rings. The lowest BCUT2D eigenvalue weighted by atomic mass is 10.2. The van der Waals surface area contributed by atoms with Gasteiger partial charge in [-0.15, -0.1) is 0 Å². The Labute approximate surface area is 96.4 Å². The lowest BCUT2D eigenvalue weighted by Gasteiger charge is -2.01. The Morgan fingerprint density at radius 2 is 2.27 bits per heavy atom. The molecule has 0 amide bonds. The van der Waals surface area contributed by atoms with Gasteiger partial charge in [0.05, 0.1) is 10.2 Å². The van der Waals surface area contributed by atoms with Crippen LogP contribution in [0.4, 0.5) is 0 Å². The topological polar surface area (TPSA) is 43.3 Å². The van der Waals surface area contributed by atoms with Crippen LogP contribution in [0.5, 0.6) is 0 Å². The molecule has 0 radical (unpaired) electrons. The fraction of sp³-hybridized carbons (Fsp3) is 0.364. The van der Waals surface area contributed by atoms with Gasteiger partial charge < -0.3 is 10.1 Å². The van der Waals surface area contributed by atoms with Crippen LogP contribution >= 0.6 is 15.9 Å². The zero-order chi connectivity index (χ0) is 10.4. The fourth-order valence-electron chi connectivity index (χ4n) is 1.87. The van der Waals surface area contributed by atoms with Gasteiger partial charge in [0.15, 0.2) is 5.65 Å². The standard InChI is InChI=1S/C11H12BrN3/c12-10-3-8(7-1-2-7)5-15-6-9(4-13)14-11(10)15/h3,5-7H,1-2,4,13H2. The van der Waals surface area contributed by atoms with Crippen molar-refractivity contribution in [2.45, 2.75) is 25.3 Å². The average Bonchev–Trinajstić information content (AvgIpc) is 2.98. The van der Waals surface area contributed by atoms with E-state index in [1.807, 2.05) is 6.20 Å². The molecular formula is C11H12BrN3. The van der Waals surface area contributed by atoms with Crippen LogP contribution in [0, 0.1) is 0 Å². The SMILES string of the molecule is NCc1cn2cc(C3CC3)cc(Br)c2n1. The second kappa shape index (κ2) is 3.32. The van der Waals surface area contributed by atoms with Crippen LogP contribution in [0.25, 0.3) is 5.65 Å². The summed E-state index contributed by atoms with van der Waals surface area (Å²) >= 11 is 3.56. The van der Waals surface area contributed by atoms with Crippen molar-refractivity contribution in [3.63, 3.8) is 0 Å². The highest BCUT2D eigenvalue weighted by Crippen LogP contribution is 2.41. The zero-order valence-electron chi connectivity index (χ0n) is 8.28. The van der Waals surface area contributed by atoms with E-state index in [0.29, 0.717) is 6.54 Å². The number of pyridine rings is 1. The van der Waals surface area contributed by atoms with Crippen LogP contribution in [0.3, 0.4) is 0 Å². The molecule has 1 aliphatic rings. The number of hydrogen-bond donors (Lipinski definition) is 1. The van der Waals surface area contributed by atoms with Crippen molar-refractivity contribution in [3.05, 3.63) is 34.2 Å². The van der Waals surface area contributed by atoms with E-state index in [4.69, 9.17) is 5.73 Å². The van der Waals surface area contributed by atoms with Crippen LogP contribution in [0.1, 0.15) is 30.0 Å². The van der Waals surface area contributed by atoms with Crippen molar-refractivity contribution < 1.29 is 0 Å². The Morgan fingerprint density at radius 1 is 1.47 bits per heavy atom. The molecular weight excluding hydrogens is 254 g/mol. The van der Waals surface area contributed by atoms with Crippen LogP contribution in [-0.4, -0.2) is 9.38 Å². The van der Waals surface area contributed by atoms with E-state index in [0.717, 1.165) is 21.7 Å². The maximum atomic E-state index is 5.58. The van der Waals surface area contributed by atoms with Gasteiger partial charge in [-0.1, -0.05) is 0 Å². The monoisotopic (exact) mass is 265 g/mol. The molecule has 78 valence electrons. The van der Waals surface area contributed by atoms with Gasteiger partial charge in [0, 0.05) is 18.9 Å². The van der Waals surface area contributed by atoms with Crippen molar-refractivity contribution in [2.24, 2.45) is 5.73 Å². The summed E-state index contributed by atoms with van der Waals surface area (Å²) in [5, 5.41) is 0. The number of hydrogen-bond acceptors (Lipinski definition) is 2. The molecule has 1 saturated carbocycles. The first-order valence-electron chi connectivity index (χ1n) is 5.15.